The molecule has 3 aromatic carbocycles. The van der Waals surface area contributed by atoms with Crippen LogP contribution in [0.1, 0.15) is 40.8 Å². The smallest absolute Gasteiger partial charge is 0.340 e. The monoisotopic (exact) mass is 412 g/mol. The van der Waals surface area contributed by atoms with Crippen molar-refractivity contribution in [1.82, 2.24) is 0 Å². The van der Waals surface area contributed by atoms with Crippen LogP contribution in [0.3, 0.4) is 0 Å². The Hall–Kier alpha value is -3.37. The molecule has 2 heterocycles. The van der Waals surface area contributed by atoms with Crippen molar-refractivity contribution >= 4 is 11.0 Å². The summed E-state index contributed by atoms with van der Waals surface area (Å²) in [6.07, 6.45) is 0.570. The maximum Gasteiger partial charge on any atom is 0.340 e. The lowest BCUT2D eigenvalue weighted by Crippen LogP contribution is -3.12. The summed E-state index contributed by atoms with van der Waals surface area (Å²) in [5.74, 6) is 0.815. The maximum absolute atomic E-state index is 13.0. The average Bonchev–Trinajstić information content (AvgIpc) is 2.82. The molecule has 1 unspecified atom stereocenters. The molecule has 1 aliphatic heterocycles. The van der Waals surface area contributed by atoms with Gasteiger partial charge in [-0.25, -0.2) is 4.79 Å². The summed E-state index contributed by atoms with van der Waals surface area (Å²) < 4.78 is 12.0. The number of hydrogen-bond donors (Lipinski definition) is 1. The molecular weight excluding hydrogens is 386 g/mol. The van der Waals surface area contributed by atoms with E-state index in [2.05, 4.69) is 31.2 Å². The second-order valence-electron chi connectivity index (χ2n) is 8.33. The molecule has 1 N–H and O–H groups in total. The van der Waals surface area contributed by atoms with Gasteiger partial charge in [0, 0.05) is 22.9 Å². The highest BCUT2D eigenvalue weighted by Gasteiger charge is 2.29. The molecule has 4 aromatic rings. The third kappa shape index (κ3) is 3.64. The first-order chi connectivity index (χ1) is 15.1. The number of benzene rings is 3. The van der Waals surface area contributed by atoms with Crippen LogP contribution in [0.4, 0.5) is 0 Å². The fourth-order valence-electron chi connectivity index (χ4n) is 4.50. The molecule has 5 rings (SSSR count). The van der Waals surface area contributed by atoms with E-state index in [-0.39, 0.29) is 11.7 Å². The molecule has 1 aromatic heterocycles. The Labute approximate surface area is 181 Å². The van der Waals surface area contributed by atoms with Gasteiger partial charge in [-0.15, -0.1) is 0 Å². The molecule has 156 valence electrons. The van der Waals surface area contributed by atoms with Crippen LogP contribution in [0.15, 0.2) is 82.0 Å². The Morgan fingerprint density at radius 1 is 0.968 bits per heavy atom. The Balaban J connectivity index is 1.54. The first kappa shape index (κ1) is 19.6. The van der Waals surface area contributed by atoms with Gasteiger partial charge in [0.25, 0.3) is 0 Å². The molecular formula is C27H26NO3+. The van der Waals surface area contributed by atoms with E-state index in [1.807, 2.05) is 55.5 Å². The van der Waals surface area contributed by atoms with Crippen LogP contribution in [0.25, 0.3) is 11.0 Å². The van der Waals surface area contributed by atoms with Crippen LogP contribution in [-0.2, 0) is 13.0 Å². The third-order valence-corrected chi connectivity index (χ3v) is 6.47. The van der Waals surface area contributed by atoms with Gasteiger partial charge in [0.1, 0.15) is 18.3 Å². The zero-order chi connectivity index (χ0) is 21.4. The van der Waals surface area contributed by atoms with Gasteiger partial charge in [-0.2, -0.15) is 0 Å². The molecule has 2 atom stereocenters. The van der Waals surface area contributed by atoms with E-state index in [0.29, 0.717) is 18.7 Å². The fraction of sp³-hybridized carbons (Fsp3) is 0.222. The molecule has 0 saturated heterocycles. The van der Waals surface area contributed by atoms with Crippen LogP contribution in [-0.4, -0.2) is 6.73 Å². The van der Waals surface area contributed by atoms with Crippen molar-refractivity contribution in [3.05, 3.63) is 111 Å². The molecule has 0 radical (unpaired) electrons. The van der Waals surface area contributed by atoms with Crippen LogP contribution >= 0.6 is 0 Å². The molecule has 0 spiro atoms. The van der Waals surface area contributed by atoms with Crippen LogP contribution < -0.4 is 15.3 Å². The lowest BCUT2D eigenvalue weighted by Gasteiger charge is -2.31. The van der Waals surface area contributed by atoms with Gasteiger partial charge in [-0.3, -0.25) is 4.90 Å². The number of nitrogens with one attached hydrogen (secondary N) is 1. The van der Waals surface area contributed by atoms with Gasteiger partial charge < -0.3 is 9.15 Å². The summed E-state index contributed by atoms with van der Waals surface area (Å²) in [5.41, 5.74) is 5.46. The van der Waals surface area contributed by atoms with E-state index in [1.54, 1.807) is 0 Å². The zero-order valence-electron chi connectivity index (χ0n) is 17.9. The molecule has 0 saturated carbocycles. The molecule has 0 aliphatic carbocycles. The second-order valence-corrected chi connectivity index (χ2v) is 8.33. The first-order valence-electron chi connectivity index (χ1n) is 10.8. The fourth-order valence-corrected chi connectivity index (χ4v) is 4.50. The predicted molar refractivity (Wildman–Crippen MR) is 121 cm³/mol. The first-order valence-corrected chi connectivity index (χ1v) is 10.8. The summed E-state index contributed by atoms with van der Waals surface area (Å²) in [6, 6.07) is 24.8. The number of hydrogen-bond acceptors (Lipinski definition) is 3. The molecule has 0 amide bonds. The summed E-state index contributed by atoms with van der Waals surface area (Å²) in [5, 5.41) is 0.987. The standard InChI is InChI=1S/C27H25NO3/c1-18-22-13-14-25-24(16-28(17-30-25)19(2)21-11-7-4-8-12-21)26(22)31-27(29)23(18)15-20-9-5-3-6-10-20/h3-14,19H,15-17H2,1-2H3/p+1/t19-/m1/s1. The van der Waals surface area contributed by atoms with Crippen LogP contribution in [0.5, 0.6) is 5.75 Å². The predicted octanol–water partition coefficient (Wildman–Crippen LogP) is 4.19. The number of rotatable bonds is 4. The SMILES string of the molecule is Cc1c(Cc2ccccc2)c(=O)oc2c3c(ccc12)OC[NH+]([C@H](C)c1ccccc1)C3. The molecule has 4 nitrogen and oxygen atoms in total. The average molecular weight is 413 g/mol. The van der Waals surface area contributed by atoms with E-state index < -0.39 is 0 Å². The Morgan fingerprint density at radius 2 is 1.68 bits per heavy atom. The summed E-state index contributed by atoms with van der Waals surface area (Å²) in [4.78, 5) is 14.3. The van der Waals surface area contributed by atoms with Gasteiger partial charge in [0.15, 0.2) is 5.58 Å². The van der Waals surface area contributed by atoms with Gasteiger partial charge in [-0.1, -0.05) is 60.7 Å². The highest BCUT2D eigenvalue weighted by atomic mass is 16.5. The topological polar surface area (TPSA) is 43.9 Å². The molecule has 4 heteroatoms. The molecule has 0 bridgehead atoms. The number of aryl methyl sites for hydroxylation is 1. The highest BCUT2D eigenvalue weighted by Crippen LogP contribution is 2.31. The van der Waals surface area contributed by atoms with Crippen molar-refractivity contribution in [1.29, 1.82) is 0 Å². The van der Waals surface area contributed by atoms with Crippen LogP contribution in [0, 0.1) is 6.92 Å². The molecule has 31 heavy (non-hydrogen) atoms. The minimum absolute atomic E-state index is 0.259. The van der Waals surface area contributed by atoms with Crippen molar-refractivity contribution in [3.63, 3.8) is 0 Å². The minimum atomic E-state index is -0.259. The Kier molecular flexibility index (Phi) is 5.08. The molecule has 0 fully saturated rings. The number of quaternary nitrogens is 1. The van der Waals surface area contributed by atoms with E-state index in [4.69, 9.17) is 9.15 Å². The normalized spacial score (nSPS) is 16.5. The Bertz CT molecular complexity index is 1280. The van der Waals surface area contributed by atoms with Crippen molar-refractivity contribution in [2.24, 2.45) is 0 Å². The van der Waals surface area contributed by atoms with Gasteiger partial charge in [0.05, 0.1) is 5.56 Å². The van der Waals surface area contributed by atoms with E-state index >= 15 is 0 Å². The van der Waals surface area contributed by atoms with Gasteiger partial charge in [-0.05, 0) is 37.1 Å². The second kappa shape index (κ2) is 8.05. The zero-order valence-corrected chi connectivity index (χ0v) is 17.9. The summed E-state index contributed by atoms with van der Waals surface area (Å²) >= 11 is 0. The van der Waals surface area contributed by atoms with Crippen molar-refractivity contribution in [2.75, 3.05) is 6.73 Å². The largest absolute Gasteiger partial charge is 0.445 e. The van der Waals surface area contributed by atoms with Gasteiger partial charge >= 0.3 is 5.63 Å². The van der Waals surface area contributed by atoms with E-state index in [0.717, 1.165) is 39.9 Å². The highest BCUT2D eigenvalue weighted by molar-refractivity contribution is 5.86. The summed E-state index contributed by atoms with van der Waals surface area (Å²) in [7, 11) is 0. The maximum atomic E-state index is 13.0. The van der Waals surface area contributed by atoms with Crippen molar-refractivity contribution in [3.8, 4) is 5.75 Å². The quantitative estimate of drug-likeness (QED) is 0.511. The molecule has 1 aliphatic rings. The van der Waals surface area contributed by atoms with Crippen molar-refractivity contribution in [2.45, 2.75) is 32.9 Å². The lowest BCUT2D eigenvalue weighted by atomic mass is 9.97. The van der Waals surface area contributed by atoms with Crippen molar-refractivity contribution < 1.29 is 14.1 Å². The third-order valence-electron chi connectivity index (χ3n) is 6.47. The summed E-state index contributed by atoms with van der Waals surface area (Å²) in [6.45, 7) is 5.57. The van der Waals surface area contributed by atoms with Crippen LogP contribution in [0.2, 0.25) is 0 Å². The van der Waals surface area contributed by atoms with E-state index in [9.17, 15) is 4.79 Å². The lowest BCUT2D eigenvalue weighted by molar-refractivity contribution is -0.960. The van der Waals surface area contributed by atoms with E-state index in [1.165, 1.54) is 10.5 Å². The number of fused-ring (bicyclic) bond motifs is 3. The van der Waals surface area contributed by atoms with Gasteiger partial charge in [0.2, 0.25) is 6.73 Å². The number of ether oxygens (including phenoxy) is 1. The Morgan fingerprint density at radius 3 is 2.42 bits per heavy atom. The minimum Gasteiger partial charge on any atom is -0.445 e.